The van der Waals surface area contributed by atoms with Gasteiger partial charge in [0.15, 0.2) is 0 Å². The monoisotopic (exact) mass is 344 g/mol. The summed E-state index contributed by atoms with van der Waals surface area (Å²) in [6.07, 6.45) is 1.80. The minimum absolute atomic E-state index is 0.0677. The Hall–Kier alpha value is -3.14. The molecule has 0 saturated heterocycles. The molecule has 0 bridgehead atoms. The molecule has 4 aromatic rings. The Bertz CT molecular complexity index is 1110. The van der Waals surface area contributed by atoms with Crippen LogP contribution < -0.4 is 4.74 Å². The maximum Gasteiger partial charge on any atom is 0.211 e. The van der Waals surface area contributed by atoms with Crippen LogP contribution in [0.15, 0.2) is 54.7 Å². The minimum atomic E-state index is -0.0680. The lowest BCUT2D eigenvalue weighted by Gasteiger charge is -2.12. The summed E-state index contributed by atoms with van der Waals surface area (Å²) in [5.41, 5.74) is 3.86. The van der Waals surface area contributed by atoms with Crippen LogP contribution in [0.1, 0.15) is 35.5 Å². The number of aromatic amines is 1. The van der Waals surface area contributed by atoms with Gasteiger partial charge in [-0.1, -0.05) is 36.4 Å². The molecule has 0 radical (unpaired) electrons. The predicted octanol–water partition coefficient (Wildman–Crippen LogP) is 5.04. The van der Waals surface area contributed by atoms with Gasteiger partial charge < -0.3 is 9.72 Å². The van der Waals surface area contributed by atoms with E-state index in [0.717, 1.165) is 33.1 Å². The van der Waals surface area contributed by atoms with Crippen LogP contribution in [-0.4, -0.2) is 21.9 Å². The molecular formula is C22H20N2O2. The Labute approximate surface area is 151 Å². The van der Waals surface area contributed by atoms with Crippen molar-refractivity contribution in [2.75, 3.05) is 0 Å². The van der Waals surface area contributed by atoms with Gasteiger partial charge in [-0.25, -0.2) is 0 Å². The van der Waals surface area contributed by atoms with Gasteiger partial charge in [0.05, 0.1) is 23.3 Å². The molecule has 0 unspecified atom stereocenters. The van der Waals surface area contributed by atoms with Crippen LogP contribution in [0, 0.1) is 6.92 Å². The number of carbonyl (C=O) groups excluding carboxylic acids is 1. The van der Waals surface area contributed by atoms with E-state index in [9.17, 15) is 4.79 Å². The second-order valence-electron chi connectivity index (χ2n) is 6.69. The Morgan fingerprint density at radius 1 is 1.00 bits per heavy atom. The lowest BCUT2D eigenvalue weighted by atomic mass is 10.0. The summed E-state index contributed by atoms with van der Waals surface area (Å²) < 4.78 is 6.01. The summed E-state index contributed by atoms with van der Waals surface area (Å²) in [6, 6.07) is 15.2. The van der Waals surface area contributed by atoms with E-state index in [-0.39, 0.29) is 11.9 Å². The Morgan fingerprint density at radius 2 is 1.77 bits per heavy atom. The number of hydrogen-bond donors (Lipinski definition) is 1. The summed E-state index contributed by atoms with van der Waals surface area (Å²) in [6.45, 7) is 5.96. The average Bonchev–Trinajstić information content (AvgIpc) is 3.02. The van der Waals surface area contributed by atoms with Crippen molar-refractivity contribution in [1.82, 2.24) is 9.97 Å². The second-order valence-corrected chi connectivity index (χ2v) is 6.69. The molecule has 0 aliphatic rings. The van der Waals surface area contributed by atoms with Crippen molar-refractivity contribution in [2.24, 2.45) is 0 Å². The molecule has 0 aliphatic carbocycles. The van der Waals surface area contributed by atoms with E-state index in [4.69, 9.17) is 4.74 Å². The second kappa shape index (κ2) is 6.30. The van der Waals surface area contributed by atoms with Gasteiger partial charge in [0.1, 0.15) is 11.4 Å². The summed E-state index contributed by atoms with van der Waals surface area (Å²) in [5.74, 6) is 0.748. The van der Waals surface area contributed by atoms with Crippen LogP contribution in [0.25, 0.3) is 21.8 Å². The third-order valence-corrected chi connectivity index (χ3v) is 4.48. The minimum Gasteiger partial charge on any atom is -0.490 e. The molecule has 0 atom stereocenters. The lowest BCUT2D eigenvalue weighted by Crippen LogP contribution is -2.07. The van der Waals surface area contributed by atoms with E-state index in [1.54, 1.807) is 6.20 Å². The van der Waals surface area contributed by atoms with Gasteiger partial charge in [-0.15, -0.1) is 0 Å². The van der Waals surface area contributed by atoms with Crippen LogP contribution in [0.5, 0.6) is 5.75 Å². The molecule has 130 valence electrons. The third-order valence-electron chi connectivity index (χ3n) is 4.48. The number of aryl methyl sites for hydroxylation is 1. The molecule has 2 aromatic heterocycles. The van der Waals surface area contributed by atoms with Crippen LogP contribution in [0.3, 0.4) is 0 Å². The van der Waals surface area contributed by atoms with E-state index in [2.05, 4.69) is 9.97 Å². The molecule has 0 spiro atoms. The van der Waals surface area contributed by atoms with Gasteiger partial charge in [-0.2, -0.15) is 0 Å². The van der Waals surface area contributed by atoms with E-state index in [1.165, 1.54) is 0 Å². The van der Waals surface area contributed by atoms with Gasteiger partial charge in [0.2, 0.25) is 5.78 Å². The van der Waals surface area contributed by atoms with E-state index >= 15 is 0 Å². The number of nitrogens with zero attached hydrogens (tertiary/aromatic N) is 1. The zero-order valence-electron chi connectivity index (χ0n) is 15.0. The highest BCUT2D eigenvalue weighted by Gasteiger charge is 2.19. The molecule has 1 N–H and O–H groups in total. The van der Waals surface area contributed by atoms with Crippen LogP contribution in [-0.2, 0) is 0 Å². The number of aromatic nitrogens is 2. The molecule has 2 heterocycles. The molecule has 26 heavy (non-hydrogen) atoms. The van der Waals surface area contributed by atoms with Crippen molar-refractivity contribution in [3.63, 3.8) is 0 Å². The maximum atomic E-state index is 12.9. The fourth-order valence-corrected chi connectivity index (χ4v) is 3.37. The number of fused-ring (bicyclic) bond motifs is 3. The fraction of sp³-hybridized carbons (Fsp3) is 0.182. The number of rotatable bonds is 4. The van der Waals surface area contributed by atoms with Gasteiger partial charge in [0.25, 0.3) is 0 Å². The van der Waals surface area contributed by atoms with Crippen molar-refractivity contribution in [3.05, 3.63) is 71.5 Å². The molecule has 0 aliphatic heterocycles. The maximum absolute atomic E-state index is 12.9. The first-order valence-electron chi connectivity index (χ1n) is 8.72. The summed E-state index contributed by atoms with van der Waals surface area (Å²) in [5, 5.41) is 1.99. The number of ketones is 1. The largest absolute Gasteiger partial charge is 0.490 e. The zero-order chi connectivity index (χ0) is 18.3. The third kappa shape index (κ3) is 2.64. The Morgan fingerprint density at radius 3 is 2.50 bits per heavy atom. The summed E-state index contributed by atoms with van der Waals surface area (Å²) in [4.78, 5) is 20.8. The van der Waals surface area contributed by atoms with Crippen molar-refractivity contribution in [1.29, 1.82) is 0 Å². The highest BCUT2D eigenvalue weighted by atomic mass is 16.5. The van der Waals surface area contributed by atoms with E-state index in [0.29, 0.717) is 11.3 Å². The molecule has 2 aromatic carbocycles. The topological polar surface area (TPSA) is 55.0 Å². The molecule has 4 rings (SSSR count). The van der Waals surface area contributed by atoms with Crippen molar-refractivity contribution < 1.29 is 9.53 Å². The van der Waals surface area contributed by atoms with Gasteiger partial charge in [-0.05, 0) is 38.5 Å². The Kier molecular flexibility index (Phi) is 3.96. The number of ether oxygens (including phenoxy) is 1. The van der Waals surface area contributed by atoms with Crippen molar-refractivity contribution >= 4 is 27.6 Å². The van der Waals surface area contributed by atoms with Crippen molar-refractivity contribution in [2.45, 2.75) is 26.9 Å². The summed E-state index contributed by atoms with van der Waals surface area (Å²) >= 11 is 0. The number of nitrogens with one attached hydrogen (secondary N) is 1. The van der Waals surface area contributed by atoms with Gasteiger partial charge in [-0.3, -0.25) is 9.78 Å². The quantitative estimate of drug-likeness (QED) is 0.528. The van der Waals surface area contributed by atoms with E-state index in [1.807, 2.05) is 69.3 Å². The van der Waals surface area contributed by atoms with Crippen LogP contribution in [0.2, 0.25) is 0 Å². The number of hydrogen-bond acceptors (Lipinski definition) is 3. The smallest absolute Gasteiger partial charge is 0.211 e. The first-order valence-corrected chi connectivity index (χ1v) is 8.72. The van der Waals surface area contributed by atoms with Crippen LogP contribution in [0.4, 0.5) is 0 Å². The number of pyridine rings is 1. The molecular weight excluding hydrogens is 324 g/mol. The zero-order valence-corrected chi connectivity index (χ0v) is 15.0. The first-order chi connectivity index (χ1) is 12.6. The van der Waals surface area contributed by atoms with Crippen LogP contribution >= 0.6 is 0 Å². The fourth-order valence-electron chi connectivity index (χ4n) is 3.37. The molecule has 0 fully saturated rings. The number of H-pyrrole nitrogens is 1. The van der Waals surface area contributed by atoms with Gasteiger partial charge in [0, 0.05) is 16.3 Å². The molecule has 0 amide bonds. The normalized spacial score (nSPS) is 11.4. The number of carbonyl (C=O) groups is 1. The SMILES string of the molecule is Cc1c(C(=O)c2ccccc2)ncc2[nH]c3cccc(OC(C)C)c3c12. The highest BCUT2D eigenvalue weighted by Crippen LogP contribution is 2.36. The van der Waals surface area contributed by atoms with Crippen molar-refractivity contribution in [3.8, 4) is 5.75 Å². The predicted molar refractivity (Wildman–Crippen MR) is 104 cm³/mol. The lowest BCUT2D eigenvalue weighted by molar-refractivity contribution is 0.103. The molecule has 0 saturated carbocycles. The van der Waals surface area contributed by atoms with Gasteiger partial charge >= 0.3 is 0 Å². The molecule has 4 nitrogen and oxygen atoms in total. The standard InChI is InChI=1S/C22H20N2O2/c1-13(2)26-18-11-7-10-16-20(18)19-14(3)21(23-12-17(19)24-16)22(25)15-8-5-4-6-9-15/h4-13,24H,1-3H3. The number of benzene rings is 2. The van der Waals surface area contributed by atoms with E-state index < -0.39 is 0 Å². The highest BCUT2D eigenvalue weighted by molar-refractivity contribution is 6.16. The Balaban J connectivity index is 1.97. The summed E-state index contributed by atoms with van der Waals surface area (Å²) in [7, 11) is 0. The molecule has 4 heteroatoms. The average molecular weight is 344 g/mol. The first kappa shape index (κ1) is 16.3.